The van der Waals surface area contributed by atoms with Gasteiger partial charge in [0.2, 0.25) is 11.2 Å². The molecule has 0 bridgehead atoms. The van der Waals surface area contributed by atoms with Crippen LogP contribution in [0.25, 0.3) is 0 Å². The number of hydrogen-bond donors (Lipinski definition) is 0. The maximum Gasteiger partial charge on any atom is 0.378 e. The number of ether oxygens (including phenoxy) is 6. The van der Waals surface area contributed by atoms with Crippen molar-refractivity contribution in [3.8, 4) is 11.5 Å². The molecule has 0 saturated carbocycles. The number of benzene rings is 1. The Morgan fingerprint density at radius 1 is 0.676 bits per heavy atom. The molecule has 1 aromatic carbocycles. The molecule has 1 aromatic rings. The summed E-state index contributed by atoms with van der Waals surface area (Å²) in [6, 6.07) is 5.43. The van der Waals surface area contributed by atoms with E-state index in [0.29, 0.717) is 0 Å². The second-order valence-electron chi connectivity index (χ2n) is 7.76. The molecular formula is C24H30O10. The third-order valence-electron chi connectivity index (χ3n) is 3.99. The van der Waals surface area contributed by atoms with Gasteiger partial charge in [-0.25, -0.2) is 19.2 Å². The molecule has 0 radical (unpaired) electrons. The zero-order valence-corrected chi connectivity index (χ0v) is 20.2. The molecule has 0 atom stereocenters. The minimum Gasteiger partial charge on any atom is -0.469 e. The molecule has 0 aliphatic carbocycles. The van der Waals surface area contributed by atoms with Crippen LogP contribution in [0.3, 0.4) is 0 Å². The number of esters is 4. The molecule has 0 unspecified atom stereocenters. The predicted molar refractivity (Wildman–Crippen MR) is 120 cm³/mol. The van der Waals surface area contributed by atoms with E-state index in [1.807, 2.05) is 0 Å². The second kappa shape index (κ2) is 11.9. The highest BCUT2D eigenvalue weighted by molar-refractivity contribution is 5.89. The van der Waals surface area contributed by atoms with Gasteiger partial charge < -0.3 is 28.4 Å². The topological polar surface area (TPSA) is 124 Å². The summed E-state index contributed by atoms with van der Waals surface area (Å²) in [4.78, 5) is 48.2. The third kappa shape index (κ3) is 8.27. The van der Waals surface area contributed by atoms with Gasteiger partial charge in [0.25, 0.3) is 0 Å². The highest BCUT2D eigenvalue weighted by atomic mass is 16.6. The molecule has 1 rings (SSSR count). The summed E-state index contributed by atoms with van der Waals surface area (Å²) in [5.74, 6) is -3.77. The van der Waals surface area contributed by atoms with E-state index in [4.69, 9.17) is 28.4 Å². The van der Waals surface area contributed by atoms with Crippen LogP contribution in [0.2, 0.25) is 0 Å². The van der Waals surface area contributed by atoms with Gasteiger partial charge in [0.05, 0.1) is 13.2 Å². The summed E-state index contributed by atoms with van der Waals surface area (Å²) in [6.45, 7) is 16.3. The normalized spacial score (nSPS) is 11.0. The lowest BCUT2D eigenvalue weighted by molar-refractivity contribution is -0.166. The number of carbonyl (C=O) groups excluding carboxylic acids is 4. The number of carbonyl (C=O) groups is 4. The SMILES string of the molecule is C=C(OC(C)(C)C(=O)OCC)C(=O)Oc1ccc(OC(=O)C(=C)OC(C)(C)C(=O)OCC)cc1. The molecule has 0 N–H and O–H groups in total. The van der Waals surface area contributed by atoms with Crippen LogP contribution in [0.4, 0.5) is 0 Å². The standard InChI is InChI=1S/C24H30O10/c1-9-29-21(27)23(5,6)33-15(3)19(25)31-17-11-13-18(14-12-17)32-20(26)16(4)34-24(7,8)22(28)30-10-2/h11-14H,3-4,9-10H2,1-2,5-8H3. The lowest BCUT2D eigenvalue weighted by Crippen LogP contribution is -2.38. The highest BCUT2D eigenvalue weighted by Crippen LogP contribution is 2.22. The highest BCUT2D eigenvalue weighted by Gasteiger charge is 2.35. The zero-order chi connectivity index (χ0) is 26.1. The molecule has 10 heteroatoms. The van der Waals surface area contributed by atoms with Gasteiger partial charge in [-0.2, -0.15) is 0 Å². The van der Waals surface area contributed by atoms with Crippen LogP contribution >= 0.6 is 0 Å². The Balaban J connectivity index is 2.68. The van der Waals surface area contributed by atoms with Gasteiger partial charge in [-0.15, -0.1) is 0 Å². The Morgan fingerprint density at radius 3 is 1.24 bits per heavy atom. The Morgan fingerprint density at radius 2 is 0.971 bits per heavy atom. The van der Waals surface area contributed by atoms with Crippen molar-refractivity contribution in [1.29, 1.82) is 0 Å². The first-order chi connectivity index (χ1) is 15.7. The molecule has 0 amide bonds. The maximum atomic E-state index is 12.2. The first-order valence-corrected chi connectivity index (χ1v) is 10.4. The van der Waals surface area contributed by atoms with Crippen molar-refractivity contribution in [3.05, 3.63) is 48.9 Å². The van der Waals surface area contributed by atoms with Crippen molar-refractivity contribution in [2.45, 2.75) is 52.7 Å². The van der Waals surface area contributed by atoms with Crippen LogP contribution in [-0.4, -0.2) is 48.3 Å². The average molecular weight is 478 g/mol. The van der Waals surface area contributed by atoms with Crippen LogP contribution in [0.1, 0.15) is 41.5 Å². The van der Waals surface area contributed by atoms with E-state index in [2.05, 4.69) is 13.2 Å². The molecule has 186 valence electrons. The fraction of sp³-hybridized carbons (Fsp3) is 0.417. The minimum absolute atomic E-state index is 0.0991. The summed E-state index contributed by atoms with van der Waals surface area (Å²) in [5, 5.41) is 0. The molecule has 0 aliphatic rings. The third-order valence-corrected chi connectivity index (χ3v) is 3.99. The lowest BCUT2D eigenvalue weighted by Gasteiger charge is -2.24. The van der Waals surface area contributed by atoms with E-state index >= 15 is 0 Å². The van der Waals surface area contributed by atoms with Gasteiger partial charge in [0.1, 0.15) is 11.5 Å². The van der Waals surface area contributed by atoms with E-state index in [9.17, 15) is 19.2 Å². The van der Waals surface area contributed by atoms with Crippen LogP contribution < -0.4 is 9.47 Å². The molecule has 0 saturated heterocycles. The molecule has 0 aromatic heterocycles. The lowest BCUT2D eigenvalue weighted by atomic mass is 10.1. The largest absolute Gasteiger partial charge is 0.469 e. The van der Waals surface area contributed by atoms with E-state index in [1.54, 1.807) is 13.8 Å². The predicted octanol–water partition coefficient (Wildman–Crippen LogP) is 3.24. The number of hydrogen-bond acceptors (Lipinski definition) is 10. The number of rotatable bonds is 12. The van der Waals surface area contributed by atoms with Crippen LogP contribution in [0.5, 0.6) is 11.5 Å². The Hall–Kier alpha value is -3.82. The van der Waals surface area contributed by atoms with Crippen molar-refractivity contribution in [2.24, 2.45) is 0 Å². The monoisotopic (exact) mass is 478 g/mol. The van der Waals surface area contributed by atoms with Crippen molar-refractivity contribution in [1.82, 2.24) is 0 Å². The second-order valence-corrected chi connectivity index (χ2v) is 7.76. The van der Waals surface area contributed by atoms with Gasteiger partial charge in [-0.1, -0.05) is 0 Å². The molecule has 10 nitrogen and oxygen atoms in total. The zero-order valence-electron chi connectivity index (χ0n) is 20.2. The Bertz CT molecular complexity index is 864. The Kier molecular flexibility index (Phi) is 9.85. The molecular weight excluding hydrogens is 448 g/mol. The first-order valence-electron chi connectivity index (χ1n) is 10.4. The molecule has 0 fully saturated rings. The maximum absolute atomic E-state index is 12.2. The smallest absolute Gasteiger partial charge is 0.378 e. The fourth-order valence-electron chi connectivity index (χ4n) is 2.30. The van der Waals surface area contributed by atoms with Crippen LogP contribution in [-0.2, 0) is 38.1 Å². The van der Waals surface area contributed by atoms with E-state index in [1.165, 1.54) is 52.0 Å². The molecule has 0 aliphatic heterocycles. The van der Waals surface area contributed by atoms with E-state index in [0.717, 1.165) is 0 Å². The first kappa shape index (κ1) is 28.2. The van der Waals surface area contributed by atoms with Crippen molar-refractivity contribution in [2.75, 3.05) is 13.2 Å². The van der Waals surface area contributed by atoms with Gasteiger partial charge in [-0.3, -0.25) is 0 Å². The van der Waals surface area contributed by atoms with Crippen LogP contribution in [0.15, 0.2) is 48.9 Å². The van der Waals surface area contributed by atoms with Gasteiger partial charge in [0.15, 0.2) is 11.5 Å². The van der Waals surface area contributed by atoms with Gasteiger partial charge in [0, 0.05) is 0 Å². The van der Waals surface area contributed by atoms with Gasteiger partial charge in [-0.05, 0) is 79.0 Å². The summed E-state index contributed by atoms with van der Waals surface area (Å²) in [5.41, 5.74) is -2.87. The van der Waals surface area contributed by atoms with E-state index in [-0.39, 0.29) is 24.7 Å². The van der Waals surface area contributed by atoms with Crippen LogP contribution in [0, 0.1) is 0 Å². The summed E-state index contributed by atoms with van der Waals surface area (Å²) >= 11 is 0. The van der Waals surface area contributed by atoms with Gasteiger partial charge >= 0.3 is 23.9 Å². The summed E-state index contributed by atoms with van der Waals surface area (Å²) in [6.07, 6.45) is 0. The molecule has 0 spiro atoms. The minimum atomic E-state index is -1.43. The summed E-state index contributed by atoms with van der Waals surface area (Å²) < 4.78 is 30.6. The quantitative estimate of drug-likeness (QED) is 0.191. The van der Waals surface area contributed by atoms with Crippen molar-refractivity contribution < 1.29 is 47.6 Å². The fourth-order valence-corrected chi connectivity index (χ4v) is 2.30. The Labute approximate surface area is 198 Å². The van der Waals surface area contributed by atoms with Crippen molar-refractivity contribution >= 4 is 23.9 Å². The van der Waals surface area contributed by atoms with E-state index < -0.39 is 46.6 Å². The average Bonchev–Trinajstić information content (AvgIpc) is 2.74. The summed E-state index contributed by atoms with van der Waals surface area (Å²) in [7, 11) is 0. The van der Waals surface area contributed by atoms with Crippen molar-refractivity contribution in [3.63, 3.8) is 0 Å². The molecule has 0 heterocycles. The molecule has 34 heavy (non-hydrogen) atoms.